The summed E-state index contributed by atoms with van der Waals surface area (Å²) < 4.78 is 25.4. The average molecular weight is 293 g/mol. The first kappa shape index (κ1) is 14.8. The molecule has 1 aliphatic carbocycles. The fourth-order valence-corrected chi connectivity index (χ4v) is 3.59. The molecule has 4 heteroatoms. The second kappa shape index (κ2) is 5.93. The SMILES string of the molecule is CC(N)c1ccc(F)cc1OCC1CCC2(CCCC2)O1. The van der Waals surface area contributed by atoms with Crippen LogP contribution in [0.5, 0.6) is 5.75 Å². The maximum absolute atomic E-state index is 13.4. The Morgan fingerprint density at radius 3 is 2.86 bits per heavy atom. The molecule has 2 unspecified atom stereocenters. The molecule has 1 aromatic carbocycles. The van der Waals surface area contributed by atoms with Gasteiger partial charge in [-0.2, -0.15) is 0 Å². The molecule has 3 nitrogen and oxygen atoms in total. The van der Waals surface area contributed by atoms with E-state index in [4.69, 9.17) is 15.2 Å². The number of nitrogens with two attached hydrogens (primary N) is 1. The van der Waals surface area contributed by atoms with Gasteiger partial charge in [-0.15, -0.1) is 0 Å². The zero-order valence-electron chi connectivity index (χ0n) is 12.6. The van der Waals surface area contributed by atoms with Gasteiger partial charge in [-0.3, -0.25) is 0 Å². The number of halogens is 1. The van der Waals surface area contributed by atoms with Crippen LogP contribution in [-0.2, 0) is 4.74 Å². The average Bonchev–Trinajstić information content (AvgIpc) is 3.07. The fraction of sp³-hybridized carbons (Fsp3) is 0.647. The molecular formula is C17H24FNO2. The van der Waals surface area contributed by atoms with Crippen molar-refractivity contribution in [3.05, 3.63) is 29.6 Å². The van der Waals surface area contributed by atoms with Gasteiger partial charge in [0.25, 0.3) is 0 Å². The lowest BCUT2D eigenvalue weighted by molar-refractivity contribution is -0.0510. The molecule has 0 amide bonds. The zero-order chi connectivity index (χ0) is 14.9. The minimum Gasteiger partial charge on any atom is -0.490 e. The lowest BCUT2D eigenvalue weighted by atomic mass is 9.98. The molecule has 116 valence electrons. The van der Waals surface area contributed by atoms with Crippen molar-refractivity contribution in [2.24, 2.45) is 5.73 Å². The Morgan fingerprint density at radius 1 is 1.38 bits per heavy atom. The molecule has 2 fully saturated rings. The molecule has 1 spiro atoms. The maximum atomic E-state index is 13.4. The molecule has 0 bridgehead atoms. The summed E-state index contributed by atoms with van der Waals surface area (Å²) in [4.78, 5) is 0. The van der Waals surface area contributed by atoms with E-state index in [0.29, 0.717) is 12.4 Å². The number of ether oxygens (including phenoxy) is 2. The third-order valence-electron chi connectivity index (χ3n) is 4.74. The molecule has 1 aromatic rings. The van der Waals surface area contributed by atoms with Gasteiger partial charge >= 0.3 is 0 Å². The predicted molar refractivity (Wildman–Crippen MR) is 79.8 cm³/mol. The van der Waals surface area contributed by atoms with Crippen LogP contribution in [0, 0.1) is 5.82 Å². The Bertz CT molecular complexity index is 498. The van der Waals surface area contributed by atoms with Gasteiger partial charge in [-0.1, -0.05) is 18.9 Å². The number of benzene rings is 1. The number of rotatable bonds is 4. The Kier molecular flexibility index (Phi) is 4.18. The van der Waals surface area contributed by atoms with Crippen LogP contribution in [0.15, 0.2) is 18.2 Å². The smallest absolute Gasteiger partial charge is 0.127 e. The van der Waals surface area contributed by atoms with E-state index >= 15 is 0 Å². The van der Waals surface area contributed by atoms with Gasteiger partial charge < -0.3 is 15.2 Å². The third kappa shape index (κ3) is 3.22. The van der Waals surface area contributed by atoms with Gasteiger partial charge in [-0.05, 0) is 38.7 Å². The van der Waals surface area contributed by atoms with Crippen molar-refractivity contribution in [3.8, 4) is 5.75 Å². The van der Waals surface area contributed by atoms with Crippen LogP contribution in [0.1, 0.15) is 57.1 Å². The van der Waals surface area contributed by atoms with E-state index < -0.39 is 0 Å². The molecule has 1 aliphatic heterocycles. The van der Waals surface area contributed by atoms with E-state index in [2.05, 4.69) is 0 Å². The van der Waals surface area contributed by atoms with Crippen molar-refractivity contribution in [2.45, 2.75) is 63.2 Å². The summed E-state index contributed by atoms with van der Waals surface area (Å²) >= 11 is 0. The van der Waals surface area contributed by atoms with E-state index in [9.17, 15) is 4.39 Å². The monoisotopic (exact) mass is 293 g/mol. The maximum Gasteiger partial charge on any atom is 0.127 e. The van der Waals surface area contributed by atoms with E-state index in [0.717, 1.165) is 18.4 Å². The quantitative estimate of drug-likeness (QED) is 0.920. The highest BCUT2D eigenvalue weighted by Gasteiger charge is 2.42. The van der Waals surface area contributed by atoms with Crippen molar-refractivity contribution in [3.63, 3.8) is 0 Å². The van der Waals surface area contributed by atoms with Gasteiger partial charge in [-0.25, -0.2) is 4.39 Å². The van der Waals surface area contributed by atoms with E-state index in [1.807, 2.05) is 6.92 Å². The van der Waals surface area contributed by atoms with E-state index in [1.54, 1.807) is 6.07 Å². The van der Waals surface area contributed by atoms with Crippen LogP contribution in [0.3, 0.4) is 0 Å². The van der Waals surface area contributed by atoms with Crippen LogP contribution in [0.2, 0.25) is 0 Å². The number of hydrogen-bond acceptors (Lipinski definition) is 3. The van der Waals surface area contributed by atoms with Gasteiger partial charge in [0.05, 0.1) is 11.7 Å². The molecule has 2 N–H and O–H groups in total. The second-order valence-electron chi connectivity index (χ2n) is 6.45. The Morgan fingerprint density at radius 2 is 2.14 bits per heavy atom. The molecule has 21 heavy (non-hydrogen) atoms. The summed E-state index contributed by atoms with van der Waals surface area (Å²) in [6.07, 6.45) is 7.17. The van der Waals surface area contributed by atoms with Crippen LogP contribution in [-0.4, -0.2) is 18.3 Å². The normalized spacial score (nSPS) is 25.4. The van der Waals surface area contributed by atoms with Gasteiger partial charge in [0.15, 0.2) is 0 Å². The summed E-state index contributed by atoms with van der Waals surface area (Å²) in [7, 11) is 0. The van der Waals surface area contributed by atoms with Gasteiger partial charge in [0.1, 0.15) is 18.2 Å². The molecule has 1 heterocycles. The summed E-state index contributed by atoms with van der Waals surface area (Å²) in [5, 5.41) is 0. The predicted octanol–water partition coefficient (Wildman–Crippen LogP) is 3.72. The summed E-state index contributed by atoms with van der Waals surface area (Å²) in [6, 6.07) is 4.36. The van der Waals surface area contributed by atoms with Crippen molar-refractivity contribution in [2.75, 3.05) is 6.61 Å². The fourth-order valence-electron chi connectivity index (χ4n) is 3.59. The zero-order valence-corrected chi connectivity index (χ0v) is 12.6. The lowest BCUT2D eigenvalue weighted by Gasteiger charge is -2.24. The van der Waals surface area contributed by atoms with Gasteiger partial charge in [0.2, 0.25) is 0 Å². The highest BCUT2D eigenvalue weighted by atomic mass is 19.1. The second-order valence-corrected chi connectivity index (χ2v) is 6.45. The van der Waals surface area contributed by atoms with Crippen LogP contribution < -0.4 is 10.5 Å². The molecule has 3 rings (SSSR count). The molecule has 0 aromatic heterocycles. The molecule has 0 radical (unpaired) electrons. The standard InChI is InChI=1S/C17H24FNO2/c1-12(19)15-5-4-13(18)10-16(15)20-11-14-6-9-17(21-14)7-2-3-8-17/h4-5,10,12,14H,2-3,6-9,11,19H2,1H3. The third-order valence-corrected chi connectivity index (χ3v) is 4.74. The Hall–Kier alpha value is -1.13. The van der Waals surface area contributed by atoms with Crippen molar-refractivity contribution in [1.29, 1.82) is 0 Å². The summed E-state index contributed by atoms with van der Waals surface area (Å²) in [5.74, 6) is 0.245. The highest BCUT2D eigenvalue weighted by molar-refractivity contribution is 5.36. The topological polar surface area (TPSA) is 44.5 Å². The first-order valence-corrected chi connectivity index (χ1v) is 7.94. The number of hydrogen-bond donors (Lipinski definition) is 1. The van der Waals surface area contributed by atoms with Crippen LogP contribution >= 0.6 is 0 Å². The van der Waals surface area contributed by atoms with Gasteiger partial charge in [0, 0.05) is 17.7 Å². The van der Waals surface area contributed by atoms with Crippen LogP contribution in [0.4, 0.5) is 4.39 Å². The first-order chi connectivity index (χ1) is 10.1. The first-order valence-electron chi connectivity index (χ1n) is 7.94. The molecule has 1 saturated heterocycles. The minimum atomic E-state index is -0.297. The molecular weight excluding hydrogens is 269 g/mol. The van der Waals surface area contributed by atoms with Crippen LogP contribution in [0.25, 0.3) is 0 Å². The summed E-state index contributed by atoms with van der Waals surface area (Å²) in [6.45, 7) is 2.35. The van der Waals surface area contributed by atoms with Crippen molar-refractivity contribution < 1.29 is 13.9 Å². The van der Waals surface area contributed by atoms with Crippen molar-refractivity contribution >= 4 is 0 Å². The summed E-state index contributed by atoms with van der Waals surface area (Å²) in [5.41, 5.74) is 6.86. The van der Waals surface area contributed by atoms with E-state index in [1.165, 1.54) is 37.8 Å². The molecule has 1 saturated carbocycles. The lowest BCUT2D eigenvalue weighted by Crippen LogP contribution is -2.27. The van der Waals surface area contributed by atoms with E-state index in [-0.39, 0.29) is 23.6 Å². The minimum absolute atomic E-state index is 0.111. The van der Waals surface area contributed by atoms with Crippen molar-refractivity contribution in [1.82, 2.24) is 0 Å². The molecule has 2 atom stereocenters. The Labute approximate surface area is 125 Å². The molecule has 2 aliphatic rings. The highest BCUT2D eigenvalue weighted by Crippen LogP contribution is 2.43. The Balaban J connectivity index is 1.62. The largest absolute Gasteiger partial charge is 0.490 e.